The Bertz CT molecular complexity index is 1330. The van der Waals surface area contributed by atoms with E-state index in [1.54, 1.807) is 24.3 Å². The molecule has 0 spiro atoms. The minimum absolute atomic E-state index is 0.264. The summed E-state index contributed by atoms with van der Waals surface area (Å²) in [5.41, 5.74) is 2.52. The lowest BCUT2D eigenvalue weighted by Gasteiger charge is -2.18. The van der Waals surface area contributed by atoms with Crippen molar-refractivity contribution in [2.75, 3.05) is 5.32 Å². The smallest absolute Gasteiger partial charge is 0.247 e. The van der Waals surface area contributed by atoms with Crippen molar-refractivity contribution in [2.45, 2.75) is 12.5 Å². The second-order valence-electron chi connectivity index (χ2n) is 7.54. The quantitative estimate of drug-likeness (QED) is 0.365. The van der Waals surface area contributed by atoms with Crippen LogP contribution < -0.4 is 10.6 Å². The molecule has 4 aromatic rings. The molecule has 0 bridgehead atoms. The van der Waals surface area contributed by atoms with E-state index in [4.69, 9.17) is 11.6 Å². The number of halogens is 2. The van der Waals surface area contributed by atoms with Crippen molar-refractivity contribution in [3.05, 3.63) is 107 Å². The molecule has 0 aliphatic carbocycles. The summed E-state index contributed by atoms with van der Waals surface area (Å²) >= 11 is 6.12. The van der Waals surface area contributed by atoms with Gasteiger partial charge in [-0.15, -0.1) is 5.10 Å². The van der Waals surface area contributed by atoms with Gasteiger partial charge >= 0.3 is 0 Å². The van der Waals surface area contributed by atoms with Crippen LogP contribution in [0.4, 0.5) is 10.1 Å². The number of amides is 2. The van der Waals surface area contributed by atoms with Gasteiger partial charge in [-0.05, 0) is 64.5 Å². The van der Waals surface area contributed by atoms with Gasteiger partial charge < -0.3 is 10.6 Å². The van der Waals surface area contributed by atoms with Gasteiger partial charge in [-0.2, -0.15) is 4.68 Å². The highest BCUT2D eigenvalue weighted by Gasteiger charge is 2.21. The molecule has 2 N–H and O–H groups in total. The van der Waals surface area contributed by atoms with Gasteiger partial charge in [-0.3, -0.25) is 9.59 Å². The van der Waals surface area contributed by atoms with Gasteiger partial charge in [-0.1, -0.05) is 41.9 Å². The molecule has 176 valence electrons. The van der Waals surface area contributed by atoms with E-state index in [1.807, 2.05) is 30.3 Å². The summed E-state index contributed by atoms with van der Waals surface area (Å²) in [4.78, 5) is 25.8. The molecule has 1 heterocycles. The molecule has 1 aromatic heterocycles. The van der Waals surface area contributed by atoms with Crippen LogP contribution in [0.15, 0.2) is 85.2 Å². The van der Waals surface area contributed by atoms with Crippen LogP contribution in [0.25, 0.3) is 11.8 Å². The number of hydrogen-bond donors (Lipinski definition) is 2. The van der Waals surface area contributed by atoms with Gasteiger partial charge in [0.05, 0.1) is 5.69 Å². The average molecular weight is 491 g/mol. The van der Waals surface area contributed by atoms with E-state index in [0.717, 1.165) is 5.56 Å². The lowest BCUT2D eigenvalue weighted by atomic mass is 10.0. The maximum absolute atomic E-state index is 13.2. The van der Waals surface area contributed by atoms with Gasteiger partial charge in [0.15, 0.2) is 0 Å². The summed E-state index contributed by atoms with van der Waals surface area (Å²) in [6, 6.07) is 18.9. The second-order valence-corrected chi connectivity index (χ2v) is 7.97. The van der Waals surface area contributed by atoms with Crippen molar-refractivity contribution in [1.29, 1.82) is 0 Å². The molecule has 0 aliphatic heterocycles. The molecule has 1 unspecified atom stereocenters. The molecule has 0 saturated carbocycles. The van der Waals surface area contributed by atoms with E-state index < -0.39 is 23.7 Å². The fourth-order valence-electron chi connectivity index (χ4n) is 3.35. The van der Waals surface area contributed by atoms with Crippen molar-refractivity contribution >= 4 is 35.2 Å². The Labute approximate surface area is 205 Å². The van der Waals surface area contributed by atoms with Crippen LogP contribution in [0.5, 0.6) is 0 Å². The number of carbonyl (C=O) groups is 2. The van der Waals surface area contributed by atoms with Crippen molar-refractivity contribution < 1.29 is 14.0 Å². The fourth-order valence-corrected chi connectivity index (χ4v) is 3.53. The lowest BCUT2D eigenvalue weighted by Crippen LogP contribution is -2.44. The van der Waals surface area contributed by atoms with E-state index in [2.05, 4.69) is 26.2 Å². The molecule has 2 amide bonds. The third-order valence-electron chi connectivity index (χ3n) is 5.03. The van der Waals surface area contributed by atoms with E-state index in [9.17, 15) is 14.0 Å². The molecule has 10 heteroatoms. The number of hydrogen-bond acceptors (Lipinski definition) is 5. The lowest BCUT2D eigenvalue weighted by molar-refractivity contribution is -0.123. The van der Waals surface area contributed by atoms with Crippen LogP contribution in [0.3, 0.4) is 0 Å². The maximum Gasteiger partial charge on any atom is 0.247 e. The van der Waals surface area contributed by atoms with Gasteiger partial charge in [0, 0.05) is 28.8 Å². The Morgan fingerprint density at radius 2 is 1.83 bits per heavy atom. The monoisotopic (exact) mass is 490 g/mol. The van der Waals surface area contributed by atoms with E-state index in [0.29, 0.717) is 22.0 Å². The topological polar surface area (TPSA) is 102 Å². The Morgan fingerprint density at radius 3 is 2.54 bits per heavy atom. The number of rotatable bonds is 8. The number of anilines is 1. The molecule has 0 fully saturated rings. The third-order valence-corrected chi connectivity index (χ3v) is 5.26. The third kappa shape index (κ3) is 6.58. The predicted molar refractivity (Wildman–Crippen MR) is 130 cm³/mol. The number of tetrazole rings is 1. The maximum atomic E-state index is 13.2. The van der Waals surface area contributed by atoms with Gasteiger partial charge in [0.25, 0.3) is 0 Å². The molecule has 3 aromatic carbocycles. The average Bonchev–Trinajstić information content (AvgIpc) is 3.39. The molecule has 0 radical (unpaired) electrons. The molecule has 0 aliphatic rings. The van der Waals surface area contributed by atoms with Crippen molar-refractivity contribution in [2.24, 2.45) is 0 Å². The first-order valence-corrected chi connectivity index (χ1v) is 11.0. The van der Waals surface area contributed by atoms with Gasteiger partial charge in [0.2, 0.25) is 11.8 Å². The molecule has 1 atom stereocenters. The van der Waals surface area contributed by atoms with Crippen LogP contribution in [0, 0.1) is 5.82 Å². The molecule has 4 rings (SSSR count). The normalized spacial score (nSPS) is 11.8. The Kier molecular flexibility index (Phi) is 7.59. The van der Waals surface area contributed by atoms with Gasteiger partial charge in [0.1, 0.15) is 18.2 Å². The standard InChI is InChI=1S/C25H20ClFN6O2/c26-19-7-12-23(33-16-28-31-32-33)18(15-19)6-13-24(34)30-22(14-17-4-2-1-3-5-17)25(35)29-21-10-8-20(27)9-11-21/h1-13,15-16,22H,14H2,(H,29,35)(H,30,34)/b13-6+. The zero-order valence-corrected chi connectivity index (χ0v) is 19.1. The highest BCUT2D eigenvalue weighted by Crippen LogP contribution is 2.20. The predicted octanol–water partition coefficient (Wildman–Crippen LogP) is 3.83. The Balaban J connectivity index is 1.52. The highest BCUT2D eigenvalue weighted by atomic mass is 35.5. The Morgan fingerprint density at radius 1 is 1.06 bits per heavy atom. The largest absolute Gasteiger partial charge is 0.340 e. The molecular weight excluding hydrogens is 471 g/mol. The first-order chi connectivity index (χ1) is 17.0. The highest BCUT2D eigenvalue weighted by molar-refractivity contribution is 6.30. The van der Waals surface area contributed by atoms with Crippen molar-refractivity contribution in [3.63, 3.8) is 0 Å². The molecule has 8 nitrogen and oxygen atoms in total. The zero-order valence-electron chi connectivity index (χ0n) is 18.3. The summed E-state index contributed by atoms with van der Waals surface area (Å²) in [6.07, 6.45) is 4.56. The molecular formula is C25H20ClFN6O2. The van der Waals surface area contributed by atoms with Crippen LogP contribution in [0.1, 0.15) is 11.1 Å². The second kappa shape index (κ2) is 11.2. The van der Waals surface area contributed by atoms with Crippen LogP contribution in [-0.2, 0) is 16.0 Å². The Hall–Kier alpha value is -4.37. The summed E-state index contributed by atoms with van der Waals surface area (Å²) in [6.45, 7) is 0. The fraction of sp³-hybridized carbons (Fsp3) is 0.0800. The van der Waals surface area contributed by atoms with E-state index >= 15 is 0 Å². The van der Waals surface area contributed by atoms with Crippen LogP contribution in [-0.4, -0.2) is 38.1 Å². The number of nitrogens with zero attached hydrogens (tertiary/aromatic N) is 4. The SMILES string of the molecule is O=C(/C=C/c1cc(Cl)ccc1-n1cnnn1)NC(Cc1ccccc1)C(=O)Nc1ccc(F)cc1. The minimum atomic E-state index is -0.877. The van der Waals surface area contributed by atoms with Crippen molar-refractivity contribution in [3.8, 4) is 5.69 Å². The van der Waals surface area contributed by atoms with Gasteiger partial charge in [-0.25, -0.2) is 4.39 Å². The van der Waals surface area contributed by atoms with Crippen LogP contribution in [0.2, 0.25) is 5.02 Å². The zero-order chi connectivity index (χ0) is 24.6. The van der Waals surface area contributed by atoms with Crippen molar-refractivity contribution in [1.82, 2.24) is 25.5 Å². The number of nitrogens with one attached hydrogen (secondary N) is 2. The summed E-state index contributed by atoms with van der Waals surface area (Å²) in [7, 11) is 0. The number of benzene rings is 3. The minimum Gasteiger partial charge on any atom is -0.340 e. The van der Waals surface area contributed by atoms with Crippen LogP contribution >= 0.6 is 11.6 Å². The molecule has 35 heavy (non-hydrogen) atoms. The summed E-state index contributed by atoms with van der Waals surface area (Å²) in [5.74, 6) is -1.33. The summed E-state index contributed by atoms with van der Waals surface area (Å²) in [5, 5.41) is 17.1. The first-order valence-electron chi connectivity index (χ1n) is 10.6. The molecule has 0 saturated heterocycles. The summed E-state index contributed by atoms with van der Waals surface area (Å²) < 4.78 is 14.7. The number of aromatic nitrogens is 4. The van der Waals surface area contributed by atoms with E-state index in [-0.39, 0.29) is 6.42 Å². The van der Waals surface area contributed by atoms with E-state index in [1.165, 1.54) is 41.4 Å². The first kappa shape index (κ1) is 23.8. The number of carbonyl (C=O) groups excluding carboxylic acids is 2.